The minimum atomic E-state index is 0.691. The molecule has 0 amide bonds. The first-order valence-corrected chi connectivity index (χ1v) is 4.72. The molecule has 0 aliphatic carbocycles. The molecular weight excluding hydrogens is 172 g/mol. The Morgan fingerprint density at radius 1 is 1.67 bits per heavy atom. The van der Waals surface area contributed by atoms with Gasteiger partial charge >= 0.3 is 0 Å². The Morgan fingerprint density at radius 2 is 2.50 bits per heavy atom. The number of hydrogen-bond donors (Lipinski definition) is 0. The summed E-state index contributed by atoms with van der Waals surface area (Å²) in [6.45, 7) is 2.67. The fourth-order valence-corrected chi connectivity index (χ4v) is 1.96. The SMILES string of the molecule is CCOc1cn(C)c2scnc12. The molecule has 0 saturated heterocycles. The summed E-state index contributed by atoms with van der Waals surface area (Å²) in [5.74, 6) is 0.885. The maximum atomic E-state index is 5.42. The first-order chi connectivity index (χ1) is 5.83. The molecule has 64 valence electrons. The van der Waals surface area contributed by atoms with E-state index in [2.05, 4.69) is 4.98 Å². The molecule has 0 atom stereocenters. The number of thiazole rings is 1. The van der Waals surface area contributed by atoms with Crippen LogP contribution in [0.1, 0.15) is 6.92 Å². The van der Waals surface area contributed by atoms with Gasteiger partial charge in [-0.3, -0.25) is 0 Å². The van der Waals surface area contributed by atoms with Gasteiger partial charge in [-0.15, -0.1) is 11.3 Å². The number of aryl methyl sites for hydroxylation is 1. The maximum absolute atomic E-state index is 5.42. The van der Waals surface area contributed by atoms with Crippen molar-refractivity contribution in [3.63, 3.8) is 0 Å². The van der Waals surface area contributed by atoms with Crippen LogP contribution in [0, 0.1) is 0 Å². The standard InChI is InChI=1S/C8H10N2OS/c1-3-11-6-4-10(2)8-7(6)9-5-12-8/h4-5H,3H2,1-2H3. The molecule has 3 nitrogen and oxygen atoms in total. The van der Waals surface area contributed by atoms with Crippen LogP contribution in [0.4, 0.5) is 0 Å². The van der Waals surface area contributed by atoms with Crippen molar-refractivity contribution in [1.29, 1.82) is 0 Å². The van der Waals surface area contributed by atoms with Crippen molar-refractivity contribution >= 4 is 21.7 Å². The summed E-state index contributed by atoms with van der Waals surface area (Å²) in [5, 5.41) is 0. The lowest BCUT2D eigenvalue weighted by Gasteiger charge is -1.96. The minimum absolute atomic E-state index is 0.691. The fraction of sp³-hybridized carbons (Fsp3) is 0.375. The van der Waals surface area contributed by atoms with Gasteiger partial charge in [-0.1, -0.05) is 0 Å². The van der Waals surface area contributed by atoms with Crippen LogP contribution in [0.5, 0.6) is 5.75 Å². The van der Waals surface area contributed by atoms with Crippen molar-refractivity contribution < 1.29 is 4.74 Å². The predicted molar refractivity (Wildman–Crippen MR) is 49.8 cm³/mol. The Morgan fingerprint density at radius 3 is 3.25 bits per heavy atom. The molecule has 2 rings (SSSR count). The van der Waals surface area contributed by atoms with E-state index in [1.165, 1.54) is 4.83 Å². The first-order valence-electron chi connectivity index (χ1n) is 3.84. The molecule has 0 N–H and O–H groups in total. The summed E-state index contributed by atoms with van der Waals surface area (Å²) in [5.41, 5.74) is 2.82. The Labute approximate surface area is 74.6 Å². The van der Waals surface area contributed by atoms with Gasteiger partial charge in [0.1, 0.15) is 10.3 Å². The molecule has 0 fully saturated rings. The average molecular weight is 182 g/mol. The zero-order valence-corrected chi connectivity index (χ0v) is 7.89. The first kappa shape index (κ1) is 7.61. The van der Waals surface area contributed by atoms with Crippen LogP contribution in [0.15, 0.2) is 11.7 Å². The second-order valence-corrected chi connectivity index (χ2v) is 3.38. The van der Waals surface area contributed by atoms with Gasteiger partial charge in [0.15, 0.2) is 5.75 Å². The van der Waals surface area contributed by atoms with E-state index in [9.17, 15) is 0 Å². The minimum Gasteiger partial charge on any atom is -0.490 e. The third-order valence-corrected chi connectivity index (χ3v) is 2.63. The molecule has 0 aromatic carbocycles. The van der Waals surface area contributed by atoms with Crippen LogP contribution in [-0.2, 0) is 7.05 Å². The third kappa shape index (κ3) is 0.992. The van der Waals surface area contributed by atoms with Gasteiger partial charge in [0.25, 0.3) is 0 Å². The van der Waals surface area contributed by atoms with Crippen molar-refractivity contribution in [2.24, 2.45) is 7.05 Å². The number of hydrogen-bond acceptors (Lipinski definition) is 3. The molecular formula is C8H10N2OS. The van der Waals surface area contributed by atoms with Gasteiger partial charge in [-0.2, -0.15) is 0 Å². The Balaban J connectivity index is 2.59. The van der Waals surface area contributed by atoms with Crippen molar-refractivity contribution in [1.82, 2.24) is 9.55 Å². The molecule has 2 heterocycles. The van der Waals surface area contributed by atoms with Gasteiger partial charge in [0.05, 0.1) is 12.1 Å². The molecule has 0 bridgehead atoms. The Bertz CT molecular complexity index is 391. The lowest BCUT2D eigenvalue weighted by Crippen LogP contribution is -1.90. The Kier molecular flexibility index (Phi) is 1.77. The van der Waals surface area contributed by atoms with Crippen LogP contribution in [-0.4, -0.2) is 16.2 Å². The van der Waals surface area contributed by atoms with Crippen LogP contribution in [0.25, 0.3) is 10.3 Å². The van der Waals surface area contributed by atoms with Gasteiger partial charge in [-0.25, -0.2) is 4.98 Å². The van der Waals surface area contributed by atoms with Crippen LogP contribution >= 0.6 is 11.3 Å². The highest BCUT2D eigenvalue weighted by Gasteiger charge is 2.08. The van der Waals surface area contributed by atoms with E-state index >= 15 is 0 Å². The monoisotopic (exact) mass is 182 g/mol. The molecule has 0 radical (unpaired) electrons. The van der Waals surface area contributed by atoms with E-state index in [0.717, 1.165) is 11.3 Å². The number of nitrogens with zero attached hydrogens (tertiary/aromatic N) is 2. The second-order valence-electron chi connectivity index (χ2n) is 2.54. The van der Waals surface area contributed by atoms with Crippen molar-refractivity contribution in [2.45, 2.75) is 6.92 Å². The smallest absolute Gasteiger partial charge is 0.164 e. The molecule has 2 aromatic rings. The number of aromatic nitrogens is 2. The van der Waals surface area contributed by atoms with Gasteiger partial charge < -0.3 is 9.30 Å². The summed E-state index contributed by atoms with van der Waals surface area (Å²) in [7, 11) is 2.00. The third-order valence-electron chi connectivity index (χ3n) is 1.71. The second kappa shape index (κ2) is 2.79. The average Bonchev–Trinajstić information content (AvgIpc) is 2.58. The highest BCUT2D eigenvalue weighted by Crippen LogP contribution is 2.28. The number of fused-ring (bicyclic) bond motifs is 1. The maximum Gasteiger partial charge on any atom is 0.164 e. The Hall–Kier alpha value is -1.03. The molecule has 0 aliphatic heterocycles. The fourth-order valence-electron chi connectivity index (χ4n) is 1.22. The molecule has 0 aliphatic rings. The molecule has 4 heteroatoms. The predicted octanol–water partition coefficient (Wildman–Crippen LogP) is 2.03. The summed E-state index contributed by atoms with van der Waals surface area (Å²) in [4.78, 5) is 5.40. The summed E-state index contributed by atoms with van der Waals surface area (Å²) >= 11 is 1.63. The normalized spacial score (nSPS) is 10.8. The molecule has 12 heavy (non-hydrogen) atoms. The zero-order valence-electron chi connectivity index (χ0n) is 7.07. The van der Waals surface area contributed by atoms with Gasteiger partial charge in [-0.05, 0) is 6.92 Å². The van der Waals surface area contributed by atoms with E-state index in [1.54, 1.807) is 11.3 Å². The number of ether oxygens (including phenoxy) is 1. The lowest BCUT2D eigenvalue weighted by molar-refractivity contribution is 0.343. The van der Waals surface area contributed by atoms with E-state index in [0.29, 0.717) is 6.61 Å². The summed E-state index contributed by atoms with van der Waals surface area (Å²) < 4.78 is 7.46. The van der Waals surface area contributed by atoms with Crippen LogP contribution in [0.3, 0.4) is 0 Å². The van der Waals surface area contributed by atoms with Crippen molar-refractivity contribution in [3.05, 3.63) is 11.7 Å². The molecule has 0 saturated carbocycles. The topological polar surface area (TPSA) is 27.1 Å². The van der Waals surface area contributed by atoms with Crippen molar-refractivity contribution in [2.75, 3.05) is 6.61 Å². The summed E-state index contributed by atoms with van der Waals surface area (Å²) in [6.07, 6.45) is 1.97. The van der Waals surface area contributed by atoms with Crippen molar-refractivity contribution in [3.8, 4) is 5.75 Å². The highest BCUT2D eigenvalue weighted by atomic mass is 32.1. The zero-order chi connectivity index (χ0) is 8.55. The molecule has 0 spiro atoms. The van der Waals surface area contributed by atoms with Crippen LogP contribution < -0.4 is 4.74 Å². The van der Waals surface area contributed by atoms with E-state index < -0.39 is 0 Å². The molecule has 0 unspecified atom stereocenters. The van der Waals surface area contributed by atoms with Crippen LogP contribution in [0.2, 0.25) is 0 Å². The number of rotatable bonds is 2. The summed E-state index contributed by atoms with van der Waals surface area (Å²) in [6, 6.07) is 0. The van der Waals surface area contributed by atoms with E-state index in [-0.39, 0.29) is 0 Å². The molecule has 2 aromatic heterocycles. The largest absolute Gasteiger partial charge is 0.490 e. The van der Waals surface area contributed by atoms with Gasteiger partial charge in [0.2, 0.25) is 0 Å². The van der Waals surface area contributed by atoms with Gasteiger partial charge in [0, 0.05) is 13.2 Å². The highest BCUT2D eigenvalue weighted by molar-refractivity contribution is 7.16. The van der Waals surface area contributed by atoms with E-state index in [1.807, 2.05) is 30.2 Å². The van der Waals surface area contributed by atoms with E-state index in [4.69, 9.17) is 4.74 Å². The lowest BCUT2D eigenvalue weighted by atomic mass is 10.5. The quantitative estimate of drug-likeness (QED) is 0.710.